The van der Waals surface area contributed by atoms with Gasteiger partial charge >= 0.3 is 0 Å². The summed E-state index contributed by atoms with van der Waals surface area (Å²) in [7, 11) is 0. The standard InChI is InChI=1S/C17H22ClFN4S/c1-4-23(5-2)16-12(10-21-17(22-16)24-3)9-20-11-13-14(18)7-6-8-15(13)19/h6-8,10,20H,4-5,9,11H2,1-3H3. The van der Waals surface area contributed by atoms with Gasteiger partial charge in [-0.25, -0.2) is 14.4 Å². The van der Waals surface area contributed by atoms with Gasteiger partial charge in [-0.05, 0) is 32.2 Å². The molecule has 0 radical (unpaired) electrons. The summed E-state index contributed by atoms with van der Waals surface area (Å²) in [5, 5.41) is 4.42. The molecule has 24 heavy (non-hydrogen) atoms. The molecule has 7 heteroatoms. The SMILES string of the molecule is CCN(CC)c1nc(SC)ncc1CNCc1c(F)cccc1Cl. The molecule has 0 unspecified atom stereocenters. The number of hydrogen-bond acceptors (Lipinski definition) is 5. The summed E-state index contributed by atoms with van der Waals surface area (Å²) in [6.07, 6.45) is 3.79. The van der Waals surface area contributed by atoms with Gasteiger partial charge in [0, 0.05) is 48.5 Å². The number of thioether (sulfide) groups is 1. The second-order valence-corrected chi connectivity index (χ2v) is 6.36. The van der Waals surface area contributed by atoms with Gasteiger partial charge in [0.1, 0.15) is 11.6 Å². The molecule has 1 aromatic carbocycles. The van der Waals surface area contributed by atoms with Crippen LogP contribution in [0.2, 0.25) is 5.02 Å². The van der Waals surface area contributed by atoms with E-state index in [-0.39, 0.29) is 5.82 Å². The molecule has 4 nitrogen and oxygen atoms in total. The zero-order valence-electron chi connectivity index (χ0n) is 14.1. The molecule has 0 saturated carbocycles. The maximum atomic E-state index is 13.8. The van der Waals surface area contributed by atoms with Crippen LogP contribution in [0.5, 0.6) is 0 Å². The van der Waals surface area contributed by atoms with Crippen LogP contribution in [0.1, 0.15) is 25.0 Å². The van der Waals surface area contributed by atoms with Crippen molar-refractivity contribution in [3.63, 3.8) is 0 Å². The van der Waals surface area contributed by atoms with E-state index in [2.05, 4.69) is 34.0 Å². The predicted molar refractivity (Wildman–Crippen MR) is 99.3 cm³/mol. The molecule has 130 valence electrons. The summed E-state index contributed by atoms with van der Waals surface area (Å²) in [4.78, 5) is 11.2. The first-order valence-corrected chi connectivity index (χ1v) is 9.49. The van der Waals surface area contributed by atoms with Crippen LogP contribution in [-0.2, 0) is 13.1 Å². The fraction of sp³-hybridized carbons (Fsp3) is 0.412. The van der Waals surface area contributed by atoms with Gasteiger partial charge in [-0.2, -0.15) is 0 Å². The fourth-order valence-electron chi connectivity index (χ4n) is 2.43. The lowest BCUT2D eigenvalue weighted by molar-refractivity contribution is 0.587. The second-order valence-electron chi connectivity index (χ2n) is 5.18. The molecular weight excluding hydrogens is 347 g/mol. The first kappa shape index (κ1) is 19.0. The van der Waals surface area contributed by atoms with Crippen LogP contribution in [0.3, 0.4) is 0 Å². The number of halogens is 2. The van der Waals surface area contributed by atoms with E-state index in [4.69, 9.17) is 11.6 Å². The summed E-state index contributed by atoms with van der Waals surface area (Å²) in [6, 6.07) is 4.72. The summed E-state index contributed by atoms with van der Waals surface area (Å²) < 4.78 is 13.8. The molecule has 1 heterocycles. The molecule has 0 aliphatic heterocycles. The molecular formula is C17H22ClFN4S. The fourth-order valence-corrected chi connectivity index (χ4v) is 2.99. The van der Waals surface area contributed by atoms with Gasteiger partial charge in [0.15, 0.2) is 5.16 Å². The third kappa shape index (κ3) is 4.59. The van der Waals surface area contributed by atoms with Crippen molar-refractivity contribution in [2.24, 2.45) is 0 Å². The van der Waals surface area contributed by atoms with E-state index in [0.29, 0.717) is 23.7 Å². The molecule has 0 fully saturated rings. The zero-order chi connectivity index (χ0) is 17.5. The molecule has 2 rings (SSSR count). The normalized spacial score (nSPS) is 10.9. The number of anilines is 1. The van der Waals surface area contributed by atoms with Crippen LogP contribution in [-0.4, -0.2) is 29.3 Å². The van der Waals surface area contributed by atoms with Crippen molar-refractivity contribution >= 4 is 29.2 Å². The van der Waals surface area contributed by atoms with Crippen molar-refractivity contribution in [2.75, 3.05) is 24.2 Å². The van der Waals surface area contributed by atoms with Crippen molar-refractivity contribution in [2.45, 2.75) is 32.1 Å². The Morgan fingerprint density at radius 2 is 2.00 bits per heavy atom. The van der Waals surface area contributed by atoms with Gasteiger partial charge in [-0.3, -0.25) is 0 Å². The van der Waals surface area contributed by atoms with Gasteiger partial charge in [0.05, 0.1) is 0 Å². The summed E-state index contributed by atoms with van der Waals surface area (Å²) in [6.45, 7) is 6.83. The number of hydrogen-bond donors (Lipinski definition) is 1. The Balaban J connectivity index is 2.14. The van der Waals surface area contributed by atoms with E-state index in [9.17, 15) is 4.39 Å². The second kappa shape index (κ2) is 9.20. The van der Waals surface area contributed by atoms with Crippen LogP contribution in [0.4, 0.5) is 10.2 Å². The van der Waals surface area contributed by atoms with Gasteiger partial charge < -0.3 is 10.2 Å². The lowest BCUT2D eigenvalue weighted by Crippen LogP contribution is -2.26. The largest absolute Gasteiger partial charge is 0.357 e. The number of rotatable bonds is 8. The van der Waals surface area contributed by atoms with Crippen molar-refractivity contribution in [1.82, 2.24) is 15.3 Å². The minimum atomic E-state index is -0.298. The molecule has 0 aliphatic rings. The van der Waals surface area contributed by atoms with E-state index < -0.39 is 0 Å². The smallest absolute Gasteiger partial charge is 0.189 e. The van der Waals surface area contributed by atoms with E-state index in [1.54, 1.807) is 12.1 Å². The maximum Gasteiger partial charge on any atom is 0.189 e. The molecule has 0 bridgehead atoms. The first-order valence-electron chi connectivity index (χ1n) is 7.89. The Bertz CT molecular complexity index is 659. The molecule has 0 spiro atoms. The monoisotopic (exact) mass is 368 g/mol. The van der Waals surface area contributed by atoms with E-state index >= 15 is 0 Å². The molecule has 0 aliphatic carbocycles. The molecule has 2 aromatic rings. The molecule has 0 saturated heterocycles. The van der Waals surface area contributed by atoms with Gasteiger partial charge in [0.2, 0.25) is 0 Å². The molecule has 1 N–H and O–H groups in total. The Kier molecular flexibility index (Phi) is 7.27. The Hall–Kier alpha value is -1.37. The third-order valence-electron chi connectivity index (χ3n) is 3.74. The van der Waals surface area contributed by atoms with E-state index in [1.807, 2.05) is 12.5 Å². The van der Waals surface area contributed by atoms with Crippen molar-refractivity contribution < 1.29 is 4.39 Å². The van der Waals surface area contributed by atoms with E-state index in [1.165, 1.54) is 17.8 Å². The highest BCUT2D eigenvalue weighted by molar-refractivity contribution is 7.98. The first-order chi connectivity index (χ1) is 11.6. The summed E-state index contributed by atoms with van der Waals surface area (Å²) in [5.74, 6) is 0.624. The highest BCUT2D eigenvalue weighted by atomic mass is 35.5. The topological polar surface area (TPSA) is 41.1 Å². The summed E-state index contributed by atoms with van der Waals surface area (Å²) in [5.41, 5.74) is 1.47. The van der Waals surface area contributed by atoms with Crippen LogP contribution >= 0.6 is 23.4 Å². The lowest BCUT2D eigenvalue weighted by atomic mass is 10.2. The van der Waals surface area contributed by atoms with E-state index in [0.717, 1.165) is 29.6 Å². The van der Waals surface area contributed by atoms with Crippen molar-refractivity contribution in [1.29, 1.82) is 0 Å². The van der Waals surface area contributed by atoms with Gasteiger partial charge in [-0.15, -0.1) is 0 Å². The highest BCUT2D eigenvalue weighted by Crippen LogP contribution is 2.22. The van der Waals surface area contributed by atoms with Gasteiger partial charge in [0.25, 0.3) is 0 Å². The van der Waals surface area contributed by atoms with Crippen molar-refractivity contribution in [3.05, 3.63) is 46.4 Å². The van der Waals surface area contributed by atoms with Crippen LogP contribution < -0.4 is 10.2 Å². The number of aromatic nitrogens is 2. The molecule has 1 aromatic heterocycles. The minimum Gasteiger partial charge on any atom is -0.357 e. The molecule has 0 atom stereocenters. The number of nitrogens with zero attached hydrogens (tertiary/aromatic N) is 3. The predicted octanol–water partition coefficient (Wildman–Crippen LogP) is 4.13. The number of benzene rings is 1. The average Bonchev–Trinajstić information content (AvgIpc) is 2.59. The Morgan fingerprint density at radius 1 is 1.25 bits per heavy atom. The van der Waals surface area contributed by atoms with Crippen LogP contribution in [0.15, 0.2) is 29.6 Å². The van der Waals surface area contributed by atoms with Crippen LogP contribution in [0.25, 0.3) is 0 Å². The number of nitrogens with one attached hydrogen (secondary N) is 1. The summed E-state index contributed by atoms with van der Waals surface area (Å²) >= 11 is 7.58. The zero-order valence-corrected chi connectivity index (χ0v) is 15.7. The molecule has 0 amide bonds. The quantitative estimate of drug-likeness (QED) is 0.560. The van der Waals surface area contributed by atoms with Gasteiger partial charge in [-0.1, -0.05) is 29.4 Å². The minimum absolute atomic E-state index is 0.298. The van der Waals surface area contributed by atoms with Crippen molar-refractivity contribution in [3.8, 4) is 0 Å². The average molecular weight is 369 g/mol. The maximum absolute atomic E-state index is 13.8. The Morgan fingerprint density at radius 3 is 2.62 bits per heavy atom. The Labute approximate surface area is 151 Å². The third-order valence-corrected chi connectivity index (χ3v) is 4.66. The van der Waals surface area contributed by atoms with Crippen LogP contribution in [0, 0.1) is 5.82 Å². The highest BCUT2D eigenvalue weighted by Gasteiger charge is 2.13. The lowest BCUT2D eigenvalue weighted by Gasteiger charge is -2.23.